The molecule has 0 amide bonds. The number of rotatable bonds is 2. The first kappa shape index (κ1) is 13.5. The normalized spacial score (nSPS) is 23.4. The van der Waals surface area contributed by atoms with Gasteiger partial charge in [-0.15, -0.1) is 5.10 Å². The molecule has 0 radical (unpaired) electrons. The molecule has 1 unspecified atom stereocenters. The van der Waals surface area contributed by atoms with Crippen molar-refractivity contribution in [2.75, 3.05) is 18.0 Å². The molecule has 1 atom stereocenters. The SMILES string of the molecule is CC1CN(c2nnccc2/C(N)=N/O)CC(C)(C)O1. The van der Waals surface area contributed by atoms with Crippen LogP contribution in [0, 0.1) is 0 Å². The van der Waals surface area contributed by atoms with Crippen molar-refractivity contribution >= 4 is 11.7 Å². The summed E-state index contributed by atoms with van der Waals surface area (Å²) in [6.07, 6.45) is 1.59. The number of anilines is 1. The summed E-state index contributed by atoms with van der Waals surface area (Å²) >= 11 is 0. The smallest absolute Gasteiger partial charge is 0.173 e. The monoisotopic (exact) mass is 265 g/mol. The van der Waals surface area contributed by atoms with E-state index >= 15 is 0 Å². The molecule has 0 saturated carbocycles. The third-order valence-corrected chi connectivity index (χ3v) is 2.95. The Morgan fingerprint density at radius 3 is 3.00 bits per heavy atom. The van der Waals surface area contributed by atoms with Gasteiger partial charge in [0, 0.05) is 13.1 Å². The Morgan fingerprint density at radius 1 is 1.63 bits per heavy atom. The number of hydrogen-bond acceptors (Lipinski definition) is 6. The van der Waals surface area contributed by atoms with Gasteiger partial charge < -0.3 is 20.6 Å². The summed E-state index contributed by atoms with van der Waals surface area (Å²) in [5, 5.41) is 19.9. The maximum atomic E-state index is 8.84. The van der Waals surface area contributed by atoms with Gasteiger partial charge in [0.25, 0.3) is 0 Å². The summed E-state index contributed by atoms with van der Waals surface area (Å²) < 4.78 is 5.85. The van der Waals surface area contributed by atoms with E-state index in [1.165, 1.54) is 6.20 Å². The van der Waals surface area contributed by atoms with Crippen LogP contribution in [-0.4, -0.2) is 46.0 Å². The van der Waals surface area contributed by atoms with Gasteiger partial charge in [0.2, 0.25) is 0 Å². The Bertz CT molecular complexity index is 489. The molecule has 0 aromatic carbocycles. The van der Waals surface area contributed by atoms with Crippen LogP contribution >= 0.6 is 0 Å². The minimum absolute atomic E-state index is 0.0295. The second kappa shape index (κ2) is 5.00. The number of hydrogen-bond donors (Lipinski definition) is 2. The summed E-state index contributed by atoms with van der Waals surface area (Å²) in [5.41, 5.74) is 5.97. The van der Waals surface area contributed by atoms with Gasteiger partial charge in [-0.3, -0.25) is 0 Å². The third kappa shape index (κ3) is 2.93. The molecule has 19 heavy (non-hydrogen) atoms. The van der Waals surface area contributed by atoms with Gasteiger partial charge in [-0.25, -0.2) is 0 Å². The Labute approximate surface area is 112 Å². The molecule has 0 aliphatic carbocycles. The van der Waals surface area contributed by atoms with Crippen LogP contribution in [0.15, 0.2) is 17.4 Å². The molecule has 1 saturated heterocycles. The molecule has 104 valence electrons. The zero-order valence-corrected chi connectivity index (χ0v) is 11.4. The lowest BCUT2D eigenvalue weighted by molar-refractivity contribution is -0.0752. The fourth-order valence-corrected chi connectivity index (χ4v) is 2.43. The van der Waals surface area contributed by atoms with Crippen LogP contribution in [0.5, 0.6) is 0 Å². The minimum Gasteiger partial charge on any atom is -0.409 e. The van der Waals surface area contributed by atoms with Crippen molar-refractivity contribution in [1.82, 2.24) is 10.2 Å². The van der Waals surface area contributed by atoms with Gasteiger partial charge in [0.05, 0.1) is 23.5 Å². The Hall–Kier alpha value is -1.89. The van der Waals surface area contributed by atoms with Gasteiger partial charge in [-0.1, -0.05) is 5.16 Å². The Balaban J connectivity index is 2.36. The summed E-state index contributed by atoms with van der Waals surface area (Å²) in [6.45, 7) is 7.41. The highest BCUT2D eigenvalue weighted by Crippen LogP contribution is 2.26. The average Bonchev–Trinajstić information content (AvgIpc) is 2.35. The molecule has 1 aliphatic heterocycles. The number of nitrogens with two attached hydrogens (primary N) is 1. The topological polar surface area (TPSA) is 96.9 Å². The highest BCUT2D eigenvalue weighted by atomic mass is 16.5. The molecule has 0 bridgehead atoms. The second-order valence-electron chi connectivity index (χ2n) is 5.32. The van der Waals surface area contributed by atoms with Crippen molar-refractivity contribution in [2.24, 2.45) is 10.9 Å². The summed E-state index contributed by atoms with van der Waals surface area (Å²) in [5.74, 6) is 0.642. The molecular weight excluding hydrogens is 246 g/mol. The highest BCUT2D eigenvalue weighted by molar-refractivity contribution is 6.01. The van der Waals surface area contributed by atoms with Crippen LogP contribution < -0.4 is 10.6 Å². The Kier molecular flexibility index (Phi) is 3.57. The number of ether oxygens (including phenoxy) is 1. The molecule has 7 nitrogen and oxygen atoms in total. The molecule has 1 aromatic heterocycles. The Morgan fingerprint density at radius 2 is 2.37 bits per heavy atom. The fraction of sp³-hybridized carbons (Fsp3) is 0.583. The lowest BCUT2D eigenvalue weighted by Gasteiger charge is -2.42. The molecule has 7 heteroatoms. The van der Waals surface area contributed by atoms with Crippen LogP contribution in [-0.2, 0) is 4.74 Å². The summed E-state index contributed by atoms with van der Waals surface area (Å²) in [7, 11) is 0. The molecule has 0 spiro atoms. The summed E-state index contributed by atoms with van der Waals surface area (Å²) in [4.78, 5) is 2.05. The molecule has 1 fully saturated rings. The number of oxime groups is 1. The van der Waals surface area contributed by atoms with E-state index in [9.17, 15) is 0 Å². The van der Waals surface area contributed by atoms with Crippen LogP contribution in [0.2, 0.25) is 0 Å². The van der Waals surface area contributed by atoms with Crippen molar-refractivity contribution in [2.45, 2.75) is 32.5 Å². The van der Waals surface area contributed by atoms with E-state index in [4.69, 9.17) is 15.7 Å². The van der Waals surface area contributed by atoms with Crippen LogP contribution in [0.25, 0.3) is 0 Å². The lowest BCUT2D eigenvalue weighted by Crippen LogP contribution is -2.52. The van der Waals surface area contributed by atoms with E-state index in [0.717, 1.165) is 0 Å². The van der Waals surface area contributed by atoms with E-state index in [2.05, 4.69) is 20.3 Å². The van der Waals surface area contributed by atoms with Crippen LogP contribution in [0.4, 0.5) is 5.82 Å². The number of amidine groups is 1. The zero-order chi connectivity index (χ0) is 14.0. The predicted octanol–water partition coefficient (Wildman–Crippen LogP) is 0.575. The van der Waals surface area contributed by atoms with Crippen molar-refractivity contribution in [3.63, 3.8) is 0 Å². The van der Waals surface area contributed by atoms with Gasteiger partial charge in [-0.05, 0) is 26.8 Å². The number of nitrogens with zero attached hydrogens (tertiary/aromatic N) is 4. The molecule has 2 rings (SSSR count). The first-order valence-electron chi connectivity index (χ1n) is 6.15. The van der Waals surface area contributed by atoms with Crippen molar-refractivity contribution < 1.29 is 9.94 Å². The van der Waals surface area contributed by atoms with E-state index in [0.29, 0.717) is 24.5 Å². The van der Waals surface area contributed by atoms with Gasteiger partial charge >= 0.3 is 0 Å². The van der Waals surface area contributed by atoms with Crippen molar-refractivity contribution in [3.8, 4) is 0 Å². The number of aromatic nitrogens is 2. The maximum absolute atomic E-state index is 8.84. The predicted molar refractivity (Wildman–Crippen MR) is 71.4 cm³/mol. The zero-order valence-electron chi connectivity index (χ0n) is 11.4. The van der Waals surface area contributed by atoms with Crippen LogP contribution in [0.3, 0.4) is 0 Å². The van der Waals surface area contributed by atoms with Crippen molar-refractivity contribution in [3.05, 3.63) is 17.8 Å². The molecule has 1 aromatic rings. The molecule has 3 N–H and O–H groups in total. The second-order valence-corrected chi connectivity index (χ2v) is 5.32. The first-order chi connectivity index (χ1) is 8.93. The lowest BCUT2D eigenvalue weighted by atomic mass is 10.0. The maximum Gasteiger partial charge on any atom is 0.173 e. The highest BCUT2D eigenvalue weighted by Gasteiger charge is 2.33. The quantitative estimate of drug-likeness (QED) is 0.351. The average molecular weight is 265 g/mol. The summed E-state index contributed by atoms with van der Waals surface area (Å²) in [6, 6.07) is 1.69. The molecular formula is C12H19N5O2. The van der Waals surface area contributed by atoms with Gasteiger partial charge in [0.15, 0.2) is 11.7 Å². The largest absolute Gasteiger partial charge is 0.409 e. The third-order valence-electron chi connectivity index (χ3n) is 2.95. The van der Waals surface area contributed by atoms with Gasteiger partial charge in [0.1, 0.15) is 0 Å². The van der Waals surface area contributed by atoms with Gasteiger partial charge in [-0.2, -0.15) is 5.10 Å². The molecule has 2 heterocycles. The van der Waals surface area contributed by atoms with Crippen molar-refractivity contribution in [1.29, 1.82) is 0 Å². The number of morpholine rings is 1. The van der Waals surface area contributed by atoms with E-state index in [-0.39, 0.29) is 17.5 Å². The van der Waals surface area contributed by atoms with E-state index in [1.807, 2.05) is 20.8 Å². The minimum atomic E-state index is -0.280. The first-order valence-corrected chi connectivity index (χ1v) is 6.15. The van der Waals surface area contributed by atoms with Crippen LogP contribution in [0.1, 0.15) is 26.3 Å². The van der Waals surface area contributed by atoms with E-state index in [1.54, 1.807) is 6.07 Å². The van der Waals surface area contributed by atoms with E-state index < -0.39 is 0 Å². The fourth-order valence-electron chi connectivity index (χ4n) is 2.43. The standard InChI is InChI=1S/C12H19N5O2/c1-8-6-17(7-12(2,3)19-8)11-9(10(13)16-18)4-5-14-15-11/h4-5,8,18H,6-7H2,1-3H3,(H2,13,16). The molecule has 1 aliphatic rings.